The maximum Gasteiger partial charge on any atom is 0.256 e. The third kappa shape index (κ3) is 3.19. The predicted molar refractivity (Wildman–Crippen MR) is 78.2 cm³/mol. The van der Waals surface area contributed by atoms with Crippen molar-refractivity contribution < 1.29 is 4.79 Å². The highest BCUT2D eigenvalue weighted by Crippen LogP contribution is 2.31. The molecule has 19 heavy (non-hydrogen) atoms. The normalized spacial score (nSPS) is 18.2. The molecule has 0 atom stereocenters. The maximum absolute atomic E-state index is 12.5. The zero-order valence-corrected chi connectivity index (χ0v) is 12.1. The average molecular weight is 282 g/mol. The summed E-state index contributed by atoms with van der Waals surface area (Å²) < 4.78 is 0. The highest BCUT2D eigenvalue weighted by molar-refractivity contribution is 6.31. The van der Waals surface area contributed by atoms with E-state index in [1.807, 2.05) is 4.90 Å². The van der Waals surface area contributed by atoms with E-state index in [4.69, 9.17) is 17.4 Å². The summed E-state index contributed by atoms with van der Waals surface area (Å²) in [6, 6.07) is 5.11. The molecule has 3 N–H and O–H groups in total. The molecule has 0 saturated carbocycles. The van der Waals surface area contributed by atoms with Crippen LogP contribution in [0.25, 0.3) is 0 Å². The number of nitrogens with two attached hydrogens (primary N) is 1. The molecule has 1 aromatic rings. The first kappa shape index (κ1) is 14.2. The smallest absolute Gasteiger partial charge is 0.256 e. The number of hydrogen-bond acceptors (Lipinski definition) is 3. The van der Waals surface area contributed by atoms with Gasteiger partial charge in [0, 0.05) is 18.1 Å². The van der Waals surface area contributed by atoms with E-state index in [1.54, 1.807) is 18.2 Å². The molecule has 0 aromatic heterocycles. The van der Waals surface area contributed by atoms with Crippen LogP contribution in [0.3, 0.4) is 0 Å². The van der Waals surface area contributed by atoms with Crippen LogP contribution in [0.4, 0.5) is 5.69 Å². The summed E-state index contributed by atoms with van der Waals surface area (Å²) in [6.07, 6.45) is 2.04. The molecule has 1 saturated heterocycles. The van der Waals surface area contributed by atoms with Gasteiger partial charge < -0.3 is 10.3 Å². The van der Waals surface area contributed by atoms with E-state index in [1.165, 1.54) is 0 Å². The van der Waals surface area contributed by atoms with Gasteiger partial charge in [-0.05, 0) is 36.5 Å². The van der Waals surface area contributed by atoms with Gasteiger partial charge in [0.15, 0.2) is 0 Å². The molecular formula is C14H20ClN3O. The number of hydrogen-bond donors (Lipinski definition) is 2. The van der Waals surface area contributed by atoms with Gasteiger partial charge >= 0.3 is 0 Å². The van der Waals surface area contributed by atoms with Crippen LogP contribution < -0.4 is 11.3 Å². The highest BCUT2D eigenvalue weighted by Gasteiger charge is 2.29. The number of carbonyl (C=O) groups excluding carboxylic acids is 1. The zero-order valence-electron chi connectivity index (χ0n) is 11.4. The molecule has 2 rings (SSSR count). The van der Waals surface area contributed by atoms with Crippen molar-refractivity contribution in [3.05, 3.63) is 28.8 Å². The van der Waals surface area contributed by atoms with Crippen molar-refractivity contribution in [2.75, 3.05) is 18.5 Å². The molecule has 104 valence electrons. The van der Waals surface area contributed by atoms with Crippen molar-refractivity contribution in [2.24, 2.45) is 11.3 Å². The minimum absolute atomic E-state index is 0.00838. The molecule has 1 aromatic carbocycles. The van der Waals surface area contributed by atoms with Gasteiger partial charge in [0.2, 0.25) is 0 Å². The van der Waals surface area contributed by atoms with Gasteiger partial charge in [-0.1, -0.05) is 25.4 Å². The molecule has 0 aliphatic carbocycles. The van der Waals surface area contributed by atoms with Crippen LogP contribution in [0.15, 0.2) is 18.2 Å². The van der Waals surface area contributed by atoms with Crippen LogP contribution in [0, 0.1) is 5.41 Å². The van der Waals surface area contributed by atoms with Gasteiger partial charge in [0.1, 0.15) is 0 Å². The third-order valence-electron chi connectivity index (χ3n) is 3.77. The number of piperidine rings is 1. The fourth-order valence-electron chi connectivity index (χ4n) is 2.30. The molecule has 4 nitrogen and oxygen atoms in total. The van der Waals surface area contributed by atoms with E-state index in [9.17, 15) is 4.79 Å². The lowest BCUT2D eigenvalue weighted by Crippen LogP contribution is -2.41. The lowest BCUT2D eigenvalue weighted by atomic mass is 9.82. The van der Waals surface area contributed by atoms with Crippen LogP contribution in [0.1, 0.15) is 37.0 Å². The molecule has 1 fully saturated rings. The van der Waals surface area contributed by atoms with E-state index in [-0.39, 0.29) is 5.91 Å². The first-order chi connectivity index (χ1) is 8.93. The van der Waals surface area contributed by atoms with Crippen LogP contribution >= 0.6 is 11.6 Å². The fourth-order valence-corrected chi connectivity index (χ4v) is 2.48. The van der Waals surface area contributed by atoms with Gasteiger partial charge in [0.25, 0.3) is 5.91 Å². The van der Waals surface area contributed by atoms with Crippen molar-refractivity contribution in [2.45, 2.75) is 26.7 Å². The van der Waals surface area contributed by atoms with E-state index >= 15 is 0 Å². The maximum atomic E-state index is 12.5. The highest BCUT2D eigenvalue weighted by atomic mass is 35.5. The quantitative estimate of drug-likeness (QED) is 0.647. The summed E-state index contributed by atoms with van der Waals surface area (Å²) in [7, 11) is 0. The Morgan fingerprint density at radius 1 is 1.37 bits per heavy atom. The Balaban J connectivity index is 2.18. The van der Waals surface area contributed by atoms with Crippen molar-refractivity contribution >= 4 is 23.2 Å². The number of rotatable bonds is 2. The van der Waals surface area contributed by atoms with E-state index in [0.29, 0.717) is 21.7 Å². The SMILES string of the molecule is CC1(C)CCN(C(=O)c2cc(Cl)ccc2NN)CC1. The molecular weight excluding hydrogens is 262 g/mol. The molecule has 1 heterocycles. The summed E-state index contributed by atoms with van der Waals surface area (Å²) in [5, 5.41) is 0.541. The molecule has 0 bridgehead atoms. The van der Waals surface area contributed by atoms with Crippen molar-refractivity contribution in [3.8, 4) is 0 Å². The number of benzene rings is 1. The first-order valence-electron chi connectivity index (χ1n) is 6.48. The van der Waals surface area contributed by atoms with Crippen LogP contribution in [-0.4, -0.2) is 23.9 Å². The summed E-state index contributed by atoms with van der Waals surface area (Å²) >= 11 is 5.96. The second-order valence-electron chi connectivity index (χ2n) is 5.79. The van der Waals surface area contributed by atoms with E-state index < -0.39 is 0 Å². The number of nitrogens with zero attached hydrogens (tertiary/aromatic N) is 1. The molecule has 1 aliphatic heterocycles. The lowest BCUT2D eigenvalue weighted by molar-refractivity contribution is 0.0631. The number of nitrogen functional groups attached to an aromatic ring is 1. The Labute approximate surface area is 118 Å². The number of nitrogens with one attached hydrogen (secondary N) is 1. The molecule has 1 amide bonds. The van der Waals surface area contributed by atoms with Crippen molar-refractivity contribution in [1.82, 2.24) is 4.90 Å². The molecule has 0 radical (unpaired) electrons. The Kier molecular flexibility index (Phi) is 4.02. The number of likely N-dealkylation sites (tertiary alicyclic amines) is 1. The molecule has 0 unspecified atom stereocenters. The zero-order chi connectivity index (χ0) is 14.0. The van der Waals surface area contributed by atoms with Crippen molar-refractivity contribution in [3.63, 3.8) is 0 Å². The average Bonchev–Trinajstić information content (AvgIpc) is 2.38. The fraction of sp³-hybridized carbons (Fsp3) is 0.500. The molecule has 1 aliphatic rings. The number of carbonyl (C=O) groups is 1. The number of amides is 1. The Bertz CT molecular complexity index is 478. The standard InChI is InChI=1S/C14H20ClN3O/c1-14(2)5-7-18(8-6-14)13(19)11-9-10(15)3-4-12(11)17-16/h3-4,9,17H,5-8,16H2,1-2H3. The monoisotopic (exact) mass is 281 g/mol. The third-order valence-corrected chi connectivity index (χ3v) is 4.01. The van der Waals surface area contributed by atoms with Gasteiger partial charge in [-0.15, -0.1) is 0 Å². The number of anilines is 1. The first-order valence-corrected chi connectivity index (χ1v) is 6.86. The Morgan fingerprint density at radius 3 is 2.58 bits per heavy atom. The van der Waals surface area contributed by atoms with Crippen LogP contribution in [0.5, 0.6) is 0 Å². The van der Waals surface area contributed by atoms with E-state index in [2.05, 4.69) is 19.3 Å². The predicted octanol–water partition coefficient (Wildman–Crippen LogP) is 2.89. The van der Waals surface area contributed by atoms with Crippen LogP contribution in [0.2, 0.25) is 5.02 Å². The second kappa shape index (κ2) is 5.39. The second-order valence-corrected chi connectivity index (χ2v) is 6.23. The van der Waals surface area contributed by atoms with Gasteiger partial charge in [-0.25, -0.2) is 0 Å². The lowest BCUT2D eigenvalue weighted by Gasteiger charge is -2.37. The summed E-state index contributed by atoms with van der Waals surface area (Å²) in [4.78, 5) is 14.4. The largest absolute Gasteiger partial charge is 0.339 e. The number of halogens is 1. The minimum atomic E-state index is -0.00838. The molecule has 0 spiro atoms. The Hall–Kier alpha value is -1.26. The summed E-state index contributed by atoms with van der Waals surface area (Å²) in [5.74, 6) is 5.44. The van der Waals surface area contributed by atoms with Gasteiger partial charge in [-0.3, -0.25) is 10.6 Å². The van der Waals surface area contributed by atoms with Gasteiger partial charge in [0.05, 0.1) is 11.3 Å². The minimum Gasteiger partial charge on any atom is -0.339 e. The summed E-state index contributed by atoms with van der Waals surface area (Å²) in [6.45, 7) is 6.03. The summed E-state index contributed by atoms with van der Waals surface area (Å²) in [5.41, 5.74) is 4.02. The van der Waals surface area contributed by atoms with E-state index in [0.717, 1.165) is 25.9 Å². The Morgan fingerprint density at radius 2 is 2.00 bits per heavy atom. The molecule has 5 heteroatoms. The van der Waals surface area contributed by atoms with Crippen LogP contribution in [-0.2, 0) is 0 Å². The van der Waals surface area contributed by atoms with Gasteiger partial charge in [-0.2, -0.15) is 0 Å². The topological polar surface area (TPSA) is 58.4 Å². The van der Waals surface area contributed by atoms with Crippen molar-refractivity contribution in [1.29, 1.82) is 0 Å². The number of hydrazine groups is 1.